The number of halogens is 1. The third-order valence-corrected chi connectivity index (χ3v) is 5.22. The van der Waals surface area contributed by atoms with Crippen LogP contribution in [-0.4, -0.2) is 47.8 Å². The van der Waals surface area contributed by atoms with Crippen LogP contribution >= 0.6 is 23.4 Å². The number of hydrogen-bond donors (Lipinski definition) is 1. The second-order valence-corrected chi connectivity index (χ2v) is 7.35. The normalized spacial score (nSPS) is 16.5. The molecule has 2 aromatic rings. The number of likely N-dealkylation sites (N-methyl/N-ethyl adjacent to an activating group) is 1. The van der Waals surface area contributed by atoms with Crippen molar-refractivity contribution in [3.63, 3.8) is 0 Å². The van der Waals surface area contributed by atoms with Crippen LogP contribution < -0.4 is 9.47 Å². The fraction of sp³-hybridized carbons (Fsp3) is 0.150. The molecule has 0 atom stereocenters. The van der Waals surface area contributed by atoms with Crippen molar-refractivity contribution in [2.45, 2.75) is 0 Å². The fourth-order valence-corrected chi connectivity index (χ4v) is 3.62. The van der Waals surface area contributed by atoms with Gasteiger partial charge in [-0.25, -0.2) is 9.79 Å². The summed E-state index contributed by atoms with van der Waals surface area (Å²) < 4.78 is 10.6. The summed E-state index contributed by atoms with van der Waals surface area (Å²) in [7, 11) is 3.10. The number of carboxylic acids is 1. The monoisotopic (exact) mass is 432 g/mol. The summed E-state index contributed by atoms with van der Waals surface area (Å²) in [4.78, 5) is 29.9. The van der Waals surface area contributed by atoms with Crippen molar-refractivity contribution in [1.82, 2.24) is 4.90 Å². The lowest BCUT2D eigenvalue weighted by Gasteiger charge is -2.12. The van der Waals surface area contributed by atoms with Crippen molar-refractivity contribution in [1.29, 1.82) is 0 Å². The van der Waals surface area contributed by atoms with E-state index in [1.54, 1.807) is 55.6 Å². The number of aliphatic carboxylic acids is 1. The van der Waals surface area contributed by atoms with Crippen molar-refractivity contribution < 1.29 is 24.2 Å². The van der Waals surface area contributed by atoms with Gasteiger partial charge in [-0.1, -0.05) is 23.7 Å². The number of benzene rings is 2. The smallest absolute Gasteiger partial charge is 0.341 e. The van der Waals surface area contributed by atoms with Crippen LogP contribution in [0.4, 0.5) is 5.69 Å². The van der Waals surface area contributed by atoms with E-state index in [-0.39, 0.29) is 11.7 Å². The van der Waals surface area contributed by atoms with E-state index in [9.17, 15) is 9.59 Å². The van der Waals surface area contributed by atoms with Crippen molar-refractivity contribution in [2.75, 3.05) is 20.8 Å². The number of methoxy groups -OCH3 is 1. The summed E-state index contributed by atoms with van der Waals surface area (Å²) in [5.41, 5.74) is 1.20. The number of carbonyl (C=O) groups is 2. The van der Waals surface area contributed by atoms with Gasteiger partial charge in [-0.3, -0.25) is 9.69 Å². The van der Waals surface area contributed by atoms with Gasteiger partial charge in [0, 0.05) is 17.6 Å². The van der Waals surface area contributed by atoms with Crippen LogP contribution in [0.3, 0.4) is 0 Å². The lowest BCUT2D eigenvalue weighted by molar-refractivity contribution is -0.139. The molecule has 2 aromatic carbocycles. The molecule has 1 heterocycles. The molecule has 29 heavy (non-hydrogen) atoms. The van der Waals surface area contributed by atoms with Crippen LogP contribution in [0.1, 0.15) is 5.56 Å². The minimum absolute atomic E-state index is 0.227. The summed E-state index contributed by atoms with van der Waals surface area (Å²) in [6.45, 7) is -0.527. The second-order valence-electron chi connectivity index (χ2n) is 5.91. The zero-order valence-electron chi connectivity index (χ0n) is 15.6. The third kappa shape index (κ3) is 4.90. The molecule has 1 amide bonds. The Morgan fingerprint density at radius 2 is 2.00 bits per heavy atom. The lowest BCUT2D eigenvalue weighted by atomic mass is 10.1. The molecule has 0 aliphatic carbocycles. The molecular weight excluding hydrogens is 416 g/mol. The van der Waals surface area contributed by atoms with Crippen molar-refractivity contribution >= 4 is 52.2 Å². The van der Waals surface area contributed by atoms with Crippen LogP contribution in [0, 0.1) is 0 Å². The van der Waals surface area contributed by atoms with Crippen LogP contribution in [-0.2, 0) is 9.59 Å². The average molecular weight is 433 g/mol. The maximum Gasteiger partial charge on any atom is 0.341 e. The Morgan fingerprint density at radius 1 is 1.28 bits per heavy atom. The Labute approximate surface area is 176 Å². The van der Waals surface area contributed by atoms with Gasteiger partial charge in [0.1, 0.15) is 0 Å². The van der Waals surface area contributed by atoms with Crippen molar-refractivity contribution in [3.8, 4) is 11.5 Å². The molecule has 0 aromatic heterocycles. The Balaban J connectivity index is 1.93. The Kier molecular flexibility index (Phi) is 6.46. The van der Waals surface area contributed by atoms with E-state index in [4.69, 9.17) is 26.2 Å². The minimum atomic E-state index is -1.11. The van der Waals surface area contributed by atoms with Gasteiger partial charge in [0.2, 0.25) is 0 Å². The number of amidine groups is 1. The molecular formula is C20H17ClN2O5S. The summed E-state index contributed by atoms with van der Waals surface area (Å²) >= 11 is 7.10. The van der Waals surface area contributed by atoms with E-state index in [0.29, 0.717) is 32.1 Å². The second kappa shape index (κ2) is 9.02. The highest BCUT2D eigenvalue weighted by atomic mass is 35.5. The van der Waals surface area contributed by atoms with Gasteiger partial charge in [-0.05, 0) is 48.2 Å². The highest BCUT2D eigenvalue weighted by Crippen LogP contribution is 2.37. The number of carbonyl (C=O) groups excluding carboxylic acids is 1. The van der Waals surface area contributed by atoms with Crippen LogP contribution in [0.2, 0.25) is 5.02 Å². The molecule has 0 spiro atoms. The number of hydrogen-bond acceptors (Lipinski definition) is 6. The molecule has 0 bridgehead atoms. The number of nitrogens with zero attached hydrogens (tertiary/aromatic N) is 2. The first-order chi connectivity index (χ1) is 13.9. The summed E-state index contributed by atoms with van der Waals surface area (Å²) in [6.07, 6.45) is 1.63. The molecule has 1 N–H and O–H groups in total. The van der Waals surface area contributed by atoms with Gasteiger partial charge in [0.25, 0.3) is 5.91 Å². The SMILES string of the molecule is COc1cccc(/C=C2/SC(=Nc3ccc(Cl)cc3)N(C)C2=O)c1OCC(=O)O. The quantitative estimate of drug-likeness (QED) is 0.693. The molecule has 0 radical (unpaired) electrons. The number of thioether (sulfide) groups is 1. The molecule has 1 aliphatic heterocycles. The molecule has 0 saturated carbocycles. The number of amides is 1. The number of aliphatic imine (C=N–C) groups is 1. The van der Waals surface area contributed by atoms with Crippen LogP contribution in [0.25, 0.3) is 6.08 Å². The minimum Gasteiger partial charge on any atom is -0.493 e. The van der Waals surface area contributed by atoms with Gasteiger partial charge >= 0.3 is 5.97 Å². The third-order valence-electron chi connectivity index (χ3n) is 3.91. The Bertz CT molecular complexity index is 1000. The molecule has 1 saturated heterocycles. The van der Waals surface area contributed by atoms with Crippen molar-refractivity contribution in [3.05, 3.63) is 58.0 Å². The predicted octanol–water partition coefficient (Wildman–Crippen LogP) is 4.05. The molecule has 9 heteroatoms. The molecule has 0 unspecified atom stereocenters. The first kappa shape index (κ1) is 20.8. The standard InChI is InChI=1S/C20H17ClN2O5S/c1-23-19(26)16(29-20(23)22-14-8-6-13(21)7-9-14)10-12-4-3-5-15(27-2)18(12)28-11-17(24)25/h3-10H,11H2,1-2H3,(H,24,25)/b16-10+,22-20?. The number of para-hydroxylation sites is 1. The lowest BCUT2D eigenvalue weighted by Crippen LogP contribution is -2.23. The summed E-state index contributed by atoms with van der Waals surface area (Å²) in [6, 6.07) is 12.1. The first-order valence-corrected chi connectivity index (χ1v) is 9.62. The van der Waals surface area contributed by atoms with Gasteiger partial charge in [-0.15, -0.1) is 0 Å². The first-order valence-electron chi connectivity index (χ1n) is 8.42. The van der Waals surface area contributed by atoms with E-state index < -0.39 is 12.6 Å². The fourth-order valence-electron chi connectivity index (χ4n) is 2.51. The van der Waals surface area contributed by atoms with E-state index in [0.717, 1.165) is 0 Å². The van der Waals surface area contributed by atoms with E-state index in [2.05, 4.69) is 4.99 Å². The topological polar surface area (TPSA) is 88.4 Å². The number of rotatable bonds is 6. The zero-order chi connectivity index (χ0) is 21.0. The van der Waals surface area contributed by atoms with Crippen molar-refractivity contribution in [2.24, 2.45) is 4.99 Å². The zero-order valence-corrected chi connectivity index (χ0v) is 17.2. The number of ether oxygens (including phenoxy) is 2. The van der Waals surface area contributed by atoms with Gasteiger partial charge in [0.05, 0.1) is 17.7 Å². The maximum absolute atomic E-state index is 12.7. The summed E-state index contributed by atoms with van der Waals surface area (Å²) in [5, 5.41) is 10.0. The molecule has 3 rings (SSSR count). The molecule has 1 fully saturated rings. The van der Waals surface area contributed by atoms with Gasteiger partial charge < -0.3 is 14.6 Å². The highest BCUT2D eigenvalue weighted by molar-refractivity contribution is 8.18. The van der Waals surface area contributed by atoms with E-state index in [1.807, 2.05) is 0 Å². The predicted molar refractivity (Wildman–Crippen MR) is 113 cm³/mol. The van der Waals surface area contributed by atoms with Crippen LogP contribution in [0.15, 0.2) is 52.4 Å². The van der Waals surface area contributed by atoms with Crippen LogP contribution in [0.5, 0.6) is 11.5 Å². The molecule has 150 valence electrons. The average Bonchev–Trinajstić information content (AvgIpc) is 2.96. The Morgan fingerprint density at radius 3 is 2.66 bits per heavy atom. The molecule has 7 nitrogen and oxygen atoms in total. The van der Waals surface area contributed by atoms with Gasteiger partial charge in [0.15, 0.2) is 23.3 Å². The number of carboxylic acid groups (broad SMARTS) is 1. The van der Waals surface area contributed by atoms with E-state index in [1.165, 1.54) is 23.8 Å². The maximum atomic E-state index is 12.7. The highest BCUT2D eigenvalue weighted by Gasteiger charge is 2.30. The van der Waals surface area contributed by atoms with E-state index >= 15 is 0 Å². The largest absolute Gasteiger partial charge is 0.493 e. The molecule has 1 aliphatic rings. The van der Waals surface area contributed by atoms with Gasteiger partial charge in [-0.2, -0.15) is 0 Å². The Hall–Kier alpha value is -2.97. The summed E-state index contributed by atoms with van der Waals surface area (Å²) in [5.74, 6) is -0.712.